The molecule has 26 heavy (non-hydrogen) atoms. The van der Waals surface area contributed by atoms with Crippen LogP contribution in [0.15, 0.2) is 46.5 Å². The summed E-state index contributed by atoms with van der Waals surface area (Å²) in [6.07, 6.45) is 3.03. The summed E-state index contributed by atoms with van der Waals surface area (Å²) in [4.78, 5) is -0.0167. The molecule has 1 aromatic heterocycles. The van der Waals surface area contributed by atoms with E-state index in [2.05, 4.69) is 5.10 Å². The van der Waals surface area contributed by atoms with Gasteiger partial charge in [-0.2, -0.15) is 9.40 Å². The zero-order valence-electron chi connectivity index (χ0n) is 14.6. The normalized spacial score (nSPS) is 19.5. The molecule has 142 valence electrons. The van der Waals surface area contributed by atoms with Crippen LogP contribution in [-0.2, 0) is 31.6 Å². The summed E-state index contributed by atoms with van der Waals surface area (Å²) in [5, 5.41) is 4.09. The Morgan fingerprint density at radius 1 is 1.23 bits per heavy atom. The molecule has 1 saturated heterocycles. The zero-order chi connectivity index (χ0) is 18.9. The Bertz CT molecular complexity index is 998. The summed E-state index contributed by atoms with van der Waals surface area (Å²) in [5.74, 6) is -0.0862. The molecule has 2 aromatic rings. The maximum Gasteiger partial charge on any atom is 0.243 e. The lowest BCUT2D eigenvalue weighted by molar-refractivity contribution is -0.00259. The summed E-state index contributed by atoms with van der Waals surface area (Å²) in [6, 6.07) is 5.51. The largest absolute Gasteiger partial charge is 0.371 e. The van der Waals surface area contributed by atoms with Crippen molar-refractivity contribution in [3.8, 4) is 0 Å². The van der Waals surface area contributed by atoms with Crippen LogP contribution >= 0.6 is 0 Å². The van der Waals surface area contributed by atoms with Gasteiger partial charge in [0.2, 0.25) is 10.0 Å². The van der Waals surface area contributed by atoms with Crippen molar-refractivity contribution in [3.05, 3.63) is 42.2 Å². The van der Waals surface area contributed by atoms with Gasteiger partial charge < -0.3 is 4.74 Å². The van der Waals surface area contributed by atoms with Crippen molar-refractivity contribution in [3.63, 3.8) is 0 Å². The summed E-state index contributed by atoms with van der Waals surface area (Å²) in [6.45, 7) is 2.14. The number of hydrogen-bond donors (Lipinski definition) is 0. The lowest BCUT2D eigenvalue weighted by Crippen LogP contribution is -2.42. The third kappa shape index (κ3) is 3.68. The van der Waals surface area contributed by atoms with Crippen LogP contribution in [0.5, 0.6) is 0 Å². The average Bonchev–Trinajstić information content (AvgIpc) is 3.08. The van der Waals surface area contributed by atoms with Crippen molar-refractivity contribution in [2.45, 2.75) is 22.8 Å². The number of sulfone groups is 1. The fraction of sp³-hybridized carbons (Fsp3) is 0.438. The molecule has 1 fully saturated rings. The highest BCUT2D eigenvalue weighted by Gasteiger charge is 2.32. The molecule has 0 aliphatic carbocycles. The third-order valence-corrected chi connectivity index (χ3v) is 7.90. The van der Waals surface area contributed by atoms with Gasteiger partial charge in [-0.15, -0.1) is 0 Å². The molecule has 1 aromatic carbocycles. The topological polar surface area (TPSA) is 98.6 Å². The van der Waals surface area contributed by atoms with Crippen LogP contribution in [0.3, 0.4) is 0 Å². The number of morpholine rings is 1. The Hall–Kier alpha value is -1.75. The zero-order valence-corrected chi connectivity index (χ0v) is 16.2. The van der Waals surface area contributed by atoms with Crippen molar-refractivity contribution in [1.82, 2.24) is 14.1 Å². The first-order chi connectivity index (χ1) is 12.2. The minimum atomic E-state index is -3.83. The number of aromatic nitrogens is 2. The van der Waals surface area contributed by atoms with E-state index in [1.807, 2.05) is 0 Å². The van der Waals surface area contributed by atoms with Gasteiger partial charge in [0.15, 0.2) is 9.84 Å². The van der Waals surface area contributed by atoms with Crippen LogP contribution in [0.1, 0.15) is 18.6 Å². The van der Waals surface area contributed by atoms with Crippen molar-refractivity contribution >= 4 is 19.9 Å². The van der Waals surface area contributed by atoms with Crippen LogP contribution in [0.4, 0.5) is 0 Å². The van der Waals surface area contributed by atoms with E-state index in [1.54, 1.807) is 24.1 Å². The molecule has 10 heteroatoms. The maximum atomic E-state index is 13.0. The van der Waals surface area contributed by atoms with E-state index in [0.29, 0.717) is 0 Å². The molecule has 8 nitrogen and oxygen atoms in total. The van der Waals surface area contributed by atoms with Gasteiger partial charge in [-0.3, -0.25) is 4.68 Å². The van der Waals surface area contributed by atoms with Gasteiger partial charge in [-0.1, -0.05) is 13.0 Å². The molecular formula is C16H21N3O5S2. The lowest BCUT2D eigenvalue weighted by Gasteiger charge is -2.31. The Morgan fingerprint density at radius 2 is 1.96 bits per heavy atom. The minimum Gasteiger partial charge on any atom is -0.371 e. The Labute approximate surface area is 153 Å². The third-order valence-electron chi connectivity index (χ3n) is 4.31. The molecule has 0 unspecified atom stereocenters. The molecule has 1 atom stereocenters. The molecule has 1 aliphatic rings. The molecule has 1 aliphatic heterocycles. The van der Waals surface area contributed by atoms with E-state index >= 15 is 0 Å². The van der Waals surface area contributed by atoms with E-state index in [1.165, 1.54) is 35.5 Å². The standard InChI is InChI=1S/C16H21N3O5S2/c1-3-25(20,21)14-5-4-6-15(9-14)26(22,23)19-7-8-24-16(12-19)13-10-17-18(2)11-13/h4-6,9-11,16H,3,7-8,12H2,1-2H3/t16-/m1/s1. The SMILES string of the molecule is CCS(=O)(=O)c1cccc(S(=O)(=O)N2CCO[C@@H](c3cnn(C)c3)C2)c1. The second-order valence-electron chi connectivity index (χ2n) is 6.05. The fourth-order valence-electron chi connectivity index (χ4n) is 2.80. The first-order valence-corrected chi connectivity index (χ1v) is 11.3. The highest BCUT2D eigenvalue weighted by molar-refractivity contribution is 7.91. The predicted molar refractivity (Wildman–Crippen MR) is 94.8 cm³/mol. The van der Waals surface area contributed by atoms with Gasteiger partial charge in [-0.05, 0) is 18.2 Å². The molecule has 0 bridgehead atoms. The summed E-state index contributed by atoms with van der Waals surface area (Å²) in [5.41, 5.74) is 0.801. The van der Waals surface area contributed by atoms with E-state index in [9.17, 15) is 16.8 Å². The van der Waals surface area contributed by atoms with E-state index in [4.69, 9.17) is 4.74 Å². The number of sulfonamides is 1. The molecule has 0 N–H and O–H groups in total. The molecule has 0 saturated carbocycles. The number of ether oxygens (including phenoxy) is 1. The van der Waals surface area contributed by atoms with Gasteiger partial charge in [0.25, 0.3) is 0 Å². The Kier molecular flexibility index (Phi) is 5.20. The van der Waals surface area contributed by atoms with Crippen molar-refractivity contribution in [2.75, 3.05) is 25.4 Å². The number of benzene rings is 1. The van der Waals surface area contributed by atoms with Crippen molar-refractivity contribution in [1.29, 1.82) is 0 Å². The summed E-state index contributed by atoms with van der Waals surface area (Å²) >= 11 is 0. The Morgan fingerprint density at radius 3 is 2.62 bits per heavy atom. The Balaban J connectivity index is 1.89. The second-order valence-corrected chi connectivity index (χ2v) is 10.3. The van der Waals surface area contributed by atoms with E-state index in [0.717, 1.165) is 5.56 Å². The summed E-state index contributed by atoms with van der Waals surface area (Å²) < 4.78 is 58.7. The number of aryl methyl sites for hydroxylation is 1. The summed E-state index contributed by atoms with van der Waals surface area (Å²) in [7, 11) is -5.53. The molecule has 2 heterocycles. The number of rotatable bonds is 5. The highest BCUT2D eigenvalue weighted by Crippen LogP contribution is 2.27. The van der Waals surface area contributed by atoms with Gasteiger partial charge >= 0.3 is 0 Å². The first-order valence-electron chi connectivity index (χ1n) is 8.17. The van der Waals surface area contributed by atoms with Crippen LogP contribution in [0, 0.1) is 0 Å². The molecule has 0 spiro atoms. The number of hydrogen-bond acceptors (Lipinski definition) is 6. The average molecular weight is 399 g/mol. The van der Waals surface area contributed by atoms with Crippen LogP contribution < -0.4 is 0 Å². The van der Waals surface area contributed by atoms with Gasteiger partial charge in [0.1, 0.15) is 0 Å². The van der Waals surface area contributed by atoms with Gasteiger partial charge in [0, 0.05) is 31.9 Å². The van der Waals surface area contributed by atoms with E-state index < -0.39 is 26.0 Å². The van der Waals surface area contributed by atoms with E-state index in [-0.39, 0.29) is 35.2 Å². The quantitative estimate of drug-likeness (QED) is 0.743. The van der Waals surface area contributed by atoms with Crippen molar-refractivity contribution < 1.29 is 21.6 Å². The molecule has 0 amide bonds. The molecule has 3 rings (SSSR count). The molecular weight excluding hydrogens is 378 g/mol. The first kappa shape index (κ1) is 19.0. The maximum absolute atomic E-state index is 13.0. The smallest absolute Gasteiger partial charge is 0.243 e. The second kappa shape index (κ2) is 7.10. The van der Waals surface area contributed by atoms with Crippen LogP contribution in [0.25, 0.3) is 0 Å². The monoisotopic (exact) mass is 399 g/mol. The van der Waals surface area contributed by atoms with Crippen LogP contribution in [-0.4, -0.2) is 56.4 Å². The van der Waals surface area contributed by atoms with Gasteiger partial charge in [0.05, 0.1) is 34.5 Å². The lowest BCUT2D eigenvalue weighted by atomic mass is 10.2. The van der Waals surface area contributed by atoms with Crippen LogP contribution in [0.2, 0.25) is 0 Å². The van der Waals surface area contributed by atoms with Gasteiger partial charge in [-0.25, -0.2) is 16.8 Å². The minimum absolute atomic E-state index is 0.0122. The fourth-order valence-corrected chi connectivity index (χ4v) is 5.27. The van der Waals surface area contributed by atoms with Crippen molar-refractivity contribution in [2.24, 2.45) is 7.05 Å². The highest BCUT2D eigenvalue weighted by atomic mass is 32.2. The predicted octanol–water partition coefficient (Wildman–Crippen LogP) is 0.976. The number of nitrogens with zero attached hydrogens (tertiary/aromatic N) is 3. The molecule has 0 radical (unpaired) electrons.